The number of rotatable bonds is 8. The second kappa shape index (κ2) is 7.89. The van der Waals surface area contributed by atoms with Gasteiger partial charge in [-0.2, -0.15) is 0 Å². The van der Waals surface area contributed by atoms with Gasteiger partial charge >= 0.3 is 5.97 Å². The van der Waals surface area contributed by atoms with E-state index in [4.69, 9.17) is 10.8 Å². The predicted octanol–water partition coefficient (Wildman–Crippen LogP) is 2.83. The number of benzene rings is 1. The molecule has 0 heterocycles. The summed E-state index contributed by atoms with van der Waals surface area (Å²) in [7, 11) is 0. The van der Waals surface area contributed by atoms with Crippen LogP contribution < -0.4 is 5.73 Å². The molecule has 0 saturated carbocycles. The Hall–Kier alpha value is -1.42. The van der Waals surface area contributed by atoms with Gasteiger partial charge in [0.2, 0.25) is 0 Å². The average Bonchev–Trinajstić information content (AvgIpc) is 2.35. The predicted molar refractivity (Wildman–Crippen MR) is 73.3 cm³/mol. The molecule has 1 rings (SSSR count). The Labute approximate surface area is 113 Å². The number of hydrogen-bond donors (Lipinski definition) is 2. The van der Waals surface area contributed by atoms with Gasteiger partial charge in [0, 0.05) is 6.54 Å². The average molecular weight is 267 g/mol. The third-order valence-electron chi connectivity index (χ3n) is 3.37. The standard InChI is InChI=1S/C15H22FNO2/c1-11(8-13(10-17)15(18)19)4-2-5-12-6-3-7-14(16)9-12/h3,6-7,9,11,13H,2,4-5,8,10,17H2,1H3,(H,18,19). The number of carboxylic acid groups (broad SMARTS) is 1. The molecule has 0 aliphatic rings. The van der Waals surface area contributed by atoms with Crippen molar-refractivity contribution in [1.82, 2.24) is 0 Å². The molecule has 1 aromatic rings. The van der Waals surface area contributed by atoms with Gasteiger partial charge in [-0.1, -0.05) is 25.5 Å². The van der Waals surface area contributed by atoms with Gasteiger partial charge in [0.05, 0.1) is 5.92 Å². The first-order valence-electron chi connectivity index (χ1n) is 6.70. The molecule has 0 bridgehead atoms. The third kappa shape index (κ3) is 5.83. The first-order chi connectivity index (χ1) is 9.02. The lowest BCUT2D eigenvalue weighted by molar-refractivity contribution is -0.141. The van der Waals surface area contributed by atoms with E-state index in [1.54, 1.807) is 12.1 Å². The molecular formula is C15H22FNO2. The molecule has 0 fully saturated rings. The maximum atomic E-state index is 13.0. The van der Waals surface area contributed by atoms with Crippen LogP contribution in [0.1, 0.15) is 31.7 Å². The van der Waals surface area contributed by atoms with Crippen molar-refractivity contribution in [2.24, 2.45) is 17.6 Å². The van der Waals surface area contributed by atoms with Crippen molar-refractivity contribution < 1.29 is 14.3 Å². The van der Waals surface area contributed by atoms with Crippen LogP contribution in [0.2, 0.25) is 0 Å². The molecule has 0 radical (unpaired) electrons. The molecule has 19 heavy (non-hydrogen) atoms. The van der Waals surface area contributed by atoms with Crippen LogP contribution in [0, 0.1) is 17.7 Å². The molecule has 1 aromatic carbocycles. The molecule has 0 aromatic heterocycles. The monoisotopic (exact) mass is 267 g/mol. The van der Waals surface area contributed by atoms with Crippen molar-refractivity contribution in [3.8, 4) is 0 Å². The van der Waals surface area contributed by atoms with E-state index in [-0.39, 0.29) is 12.4 Å². The summed E-state index contributed by atoms with van der Waals surface area (Å²) >= 11 is 0. The molecule has 3 N–H and O–H groups in total. The molecular weight excluding hydrogens is 245 g/mol. The zero-order chi connectivity index (χ0) is 14.3. The van der Waals surface area contributed by atoms with Gasteiger partial charge in [0.15, 0.2) is 0 Å². The van der Waals surface area contributed by atoms with Gasteiger partial charge in [0.25, 0.3) is 0 Å². The minimum atomic E-state index is -0.820. The first kappa shape index (κ1) is 15.6. The van der Waals surface area contributed by atoms with Crippen molar-refractivity contribution in [3.63, 3.8) is 0 Å². The van der Waals surface area contributed by atoms with E-state index in [0.717, 1.165) is 24.8 Å². The first-order valence-corrected chi connectivity index (χ1v) is 6.70. The maximum Gasteiger partial charge on any atom is 0.307 e. The zero-order valence-corrected chi connectivity index (χ0v) is 11.3. The van der Waals surface area contributed by atoms with Crippen molar-refractivity contribution >= 4 is 5.97 Å². The molecule has 4 heteroatoms. The van der Waals surface area contributed by atoms with E-state index in [0.29, 0.717) is 12.3 Å². The second-order valence-electron chi connectivity index (χ2n) is 5.13. The summed E-state index contributed by atoms with van der Waals surface area (Å²) < 4.78 is 13.0. The van der Waals surface area contributed by atoms with Crippen LogP contribution in [0.15, 0.2) is 24.3 Å². The van der Waals surface area contributed by atoms with Crippen LogP contribution in [-0.4, -0.2) is 17.6 Å². The molecule has 106 valence electrons. The summed E-state index contributed by atoms with van der Waals surface area (Å²) in [6.07, 6.45) is 3.29. The molecule has 0 aliphatic heterocycles. The highest BCUT2D eigenvalue weighted by Crippen LogP contribution is 2.18. The van der Waals surface area contributed by atoms with E-state index in [1.165, 1.54) is 6.07 Å². The number of halogens is 1. The smallest absolute Gasteiger partial charge is 0.307 e. The summed E-state index contributed by atoms with van der Waals surface area (Å²) in [4.78, 5) is 10.9. The maximum absolute atomic E-state index is 13.0. The van der Waals surface area contributed by atoms with Crippen molar-refractivity contribution in [1.29, 1.82) is 0 Å². The SMILES string of the molecule is CC(CCCc1cccc(F)c1)CC(CN)C(=O)O. The molecule has 2 atom stereocenters. The van der Waals surface area contributed by atoms with Gasteiger partial charge in [-0.3, -0.25) is 4.79 Å². The van der Waals surface area contributed by atoms with E-state index < -0.39 is 11.9 Å². The van der Waals surface area contributed by atoms with E-state index in [9.17, 15) is 9.18 Å². The Morgan fingerprint density at radius 2 is 2.21 bits per heavy atom. The fourth-order valence-electron chi connectivity index (χ4n) is 2.25. The Morgan fingerprint density at radius 1 is 1.47 bits per heavy atom. The number of nitrogens with two attached hydrogens (primary N) is 1. The second-order valence-corrected chi connectivity index (χ2v) is 5.13. The van der Waals surface area contributed by atoms with Crippen molar-refractivity contribution in [2.75, 3.05) is 6.54 Å². The minimum Gasteiger partial charge on any atom is -0.481 e. The highest BCUT2D eigenvalue weighted by molar-refractivity contribution is 5.70. The Balaban J connectivity index is 2.30. The van der Waals surface area contributed by atoms with Crippen LogP contribution in [0.5, 0.6) is 0 Å². The number of aliphatic carboxylic acids is 1. The highest BCUT2D eigenvalue weighted by Gasteiger charge is 2.18. The molecule has 0 amide bonds. The molecule has 2 unspecified atom stereocenters. The van der Waals surface area contributed by atoms with Crippen LogP contribution in [0.25, 0.3) is 0 Å². The van der Waals surface area contributed by atoms with Gasteiger partial charge in [0.1, 0.15) is 5.82 Å². The lowest BCUT2D eigenvalue weighted by Crippen LogP contribution is -2.25. The van der Waals surface area contributed by atoms with E-state index in [1.807, 2.05) is 13.0 Å². The Kier molecular flexibility index (Phi) is 6.50. The van der Waals surface area contributed by atoms with Gasteiger partial charge in [-0.25, -0.2) is 4.39 Å². The quantitative estimate of drug-likeness (QED) is 0.761. The summed E-state index contributed by atoms with van der Waals surface area (Å²) in [6, 6.07) is 6.60. The van der Waals surface area contributed by atoms with Crippen molar-refractivity contribution in [3.05, 3.63) is 35.6 Å². The minimum absolute atomic E-state index is 0.184. The van der Waals surface area contributed by atoms with Gasteiger partial charge < -0.3 is 10.8 Å². The molecule has 0 aliphatic carbocycles. The lowest BCUT2D eigenvalue weighted by Gasteiger charge is -2.16. The topological polar surface area (TPSA) is 63.3 Å². The largest absolute Gasteiger partial charge is 0.481 e. The third-order valence-corrected chi connectivity index (χ3v) is 3.37. The fourth-order valence-corrected chi connectivity index (χ4v) is 2.25. The Bertz CT molecular complexity index is 409. The zero-order valence-electron chi connectivity index (χ0n) is 11.3. The van der Waals surface area contributed by atoms with Crippen LogP contribution in [0.3, 0.4) is 0 Å². The summed E-state index contributed by atoms with van der Waals surface area (Å²) in [5.41, 5.74) is 6.42. The fraction of sp³-hybridized carbons (Fsp3) is 0.533. The number of aryl methyl sites for hydroxylation is 1. The van der Waals surface area contributed by atoms with Crippen molar-refractivity contribution in [2.45, 2.75) is 32.6 Å². The van der Waals surface area contributed by atoms with Crippen LogP contribution >= 0.6 is 0 Å². The molecule has 0 saturated heterocycles. The number of hydrogen-bond acceptors (Lipinski definition) is 2. The summed E-state index contributed by atoms with van der Waals surface area (Å²) in [5.74, 6) is -1.17. The summed E-state index contributed by atoms with van der Waals surface area (Å²) in [6.45, 7) is 2.22. The highest BCUT2D eigenvalue weighted by atomic mass is 19.1. The van der Waals surface area contributed by atoms with Gasteiger partial charge in [-0.15, -0.1) is 0 Å². The van der Waals surface area contributed by atoms with Gasteiger partial charge in [-0.05, 0) is 42.9 Å². The normalized spacial score (nSPS) is 14.1. The van der Waals surface area contributed by atoms with E-state index >= 15 is 0 Å². The Morgan fingerprint density at radius 3 is 2.79 bits per heavy atom. The summed E-state index contributed by atoms with van der Waals surface area (Å²) in [5, 5.41) is 8.93. The number of carbonyl (C=O) groups is 1. The van der Waals surface area contributed by atoms with E-state index in [2.05, 4.69) is 0 Å². The van der Waals surface area contributed by atoms with Crippen LogP contribution in [0.4, 0.5) is 4.39 Å². The molecule has 0 spiro atoms. The van der Waals surface area contributed by atoms with Crippen LogP contribution in [-0.2, 0) is 11.2 Å². The lowest BCUT2D eigenvalue weighted by atomic mass is 9.91. The molecule has 3 nitrogen and oxygen atoms in total. The number of carboxylic acids is 1.